The minimum absolute atomic E-state index is 0.829. The lowest BCUT2D eigenvalue weighted by molar-refractivity contribution is 0.267. The van der Waals surface area contributed by atoms with Crippen molar-refractivity contribution < 1.29 is 0 Å². The van der Waals surface area contributed by atoms with Gasteiger partial charge < -0.3 is 11.1 Å². The maximum absolute atomic E-state index is 5.64. The molecule has 0 heterocycles. The van der Waals surface area contributed by atoms with Crippen molar-refractivity contribution in [2.24, 2.45) is 17.6 Å². The van der Waals surface area contributed by atoms with Crippen LogP contribution in [0.4, 0.5) is 0 Å². The van der Waals surface area contributed by atoms with E-state index in [-0.39, 0.29) is 0 Å². The van der Waals surface area contributed by atoms with Gasteiger partial charge in [0.25, 0.3) is 0 Å². The van der Waals surface area contributed by atoms with Gasteiger partial charge in [-0.1, -0.05) is 12.8 Å². The molecule has 0 aromatic carbocycles. The molecule has 0 saturated heterocycles. The topological polar surface area (TPSA) is 38.0 Å². The Labute approximate surface area is 75.9 Å². The van der Waals surface area contributed by atoms with Crippen LogP contribution in [0.3, 0.4) is 0 Å². The van der Waals surface area contributed by atoms with Crippen molar-refractivity contribution >= 4 is 0 Å². The first kappa shape index (κ1) is 10.0. The van der Waals surface area contributed by atoms with E-state index in [0.717, 1.165) is 18.4 Å². The van der Waals surface area contributed by atoms with E-state index in [0.29, 0.717) is 0 Å². The molecule has 0 atom stereocenters. The van der Waals surface area contributed by atoms with Crippen molar-refractivity contribution in [3.63, 3.8) is 0 Å². The normalized spacial score (nSPS) is 30.5. The first-order valence-corrected chi connectivity index (χ1v) is 5.21. The van der Waals surface area contributed by atoms with Crippen LogP contribution in [0.25, 0.3) is 0 Å². The Morgan fingerprint density at radius 3 is 2.25 bits per heavy atom. The summed E-state index contributed by atoms with van der Waals surface area (Å²) in [6.07, 6.45) is 6.90. The maximum atomic E-state index is 5.64. The molecular weight excluding hydrogens is 148 g/mol. The van der Waals surface area contributed by atoms with Gasteiger partial charge in [-0.15, -0.1) is 0 Å². The van der Waals surface area contributed by atoms with E-state index in [2.05, 4.69) is 5.32 Å². The summed E-state index contributed by atoms with van der Waals surface area (Å²) >= 11 is 0. The molecule has 0 bridgehead atoms. The monoisotopic (exact) mass is 170 g/mol. The van der Waals surface area contributed by atoms with Crippen molar-refractivity contribution in [1.82, 2.24) is 5.32 Å². The van der Waals surface area contributed by atoms with E-state index in [1.165, 1.54) is 38.6 Å². The summed E-state index contributed by atoms with van der Waals surface area (Å²) in [5, 5.41) is 3.22. The Balaban J connectivity index is 2.09. The molecule has 2 nitrogen and oxygen atoms in total. The lowest BCUT2D eigenvalue weighted by Gasteiger charge is -2.27. The van der Waals surface area contributed by atoms with Crippen molar-refractivity contribution in [1.29, 1.82) is 0 Å². The summed E-state index contributed by atoms with van der Waals surface area (Å²) in [4.78, 5) is 0. The number of nitrogens with one attached hydrogen (secondary N) is 1. The molecule has 0 amide bonds. The second-order valence-corrected chi connectivity index (χ2v) is 4.01. The molecular formula is C10H22N2. The highest BCUT2D eigenvalue weighted by molar-refractivity contribution is 4.73. The second kappa shape index (κ2) is 5.55. The molecule has 1 fully saturated rings. The van der Waals surface area contributed by atoms with Crippen LogP contribution in [0, 0.1) is 11.8 Å². The van der Waals surface area contributed by atoms with Gasteiger partial charge in [-0.05, 0) is 51.2 Å². The fourth-order valence-corrected chi connectivity index (χ4v) is 2.10. The van der Waals surface area contributed by atoms with E-state index in [1.807, 2.05) is 7.05 Å². The lowest BCUT2D eigenvalue weighted by atomic mass is 9.80. The van der Waals surface area contributed by atoms with Crippen LogP contribution >= 0.6 is 0 Å². The zero-order valence-electron chi connectivity index (χ0n) is 8.18. The van der Waals surface area contributed by atoms with Gasteiger partial charge in [0, 0.05) is 0 Å². The zero-order valence-corrected chi connectivity index (χ0v) is 8.18. The van der Waals surface area contributed by atoms with Crippen LogP contribution in [-0.4, -0.2) is 20.1 Å². The Morgan fingerprint density at radius 1 is 1.17 bits per heavy atom. The molecule has 0 radical (unpaired) electrons. The van der Waals surface area contributed by atoms with E-state index in [1.54, 1.807) is 0 Å². The Hall–Kier alpha value is -0.0800. The van der Waals surface area contributed by atoms with Crippen LogP contribution in [0.15, 0.2) is 0 Å². The molecule has 72 valence electrons. The molecule has 0 unspecified atom stereocenters. The van der Waals surface area contributed by atoms with Gasteiger partial charge in [-0.3, -0.25) is 0 Å². The third kappa shape index (κ3) is 3.11. The highest BCUT2D eigenvalue weighted by atomic mass is 14.8. The summed E-state index contributed by atoms with van der Waals surface area (Å²) in [6.45, 7) is 2.08. The average Bonchev–Trinajstić information content (AvgIpc) is 2.15. The average molecular weight is 170 g/mol. The standard InChI is InChI=1S/C10H22N2/c1-12-7-6-9-2-4-10(8-11)5-3-9/h9-10,12H,2-8,11H2,1H3. The summed E-state index contributed by atoms with van der Waals surface area (Å²) < 4.78 is 0. The van der Waals surface area contributed by atoms with Crippen LogP contribution in [0.5, 0.6) is 0 Å². The minimum Gasteiger partial charge on any atom is -0.330 e. The highest BCUT2D eigenvalue weighted by Gasteiger charge is 2.19. The van der Waals surface area contributed by atoms with Gasteiger partial charge in [0.15, 0.2) is 0 Å². The second-order valence-electron chi connectivity index (χ2n) is 4.01. The quantitative estimate of drug-likeness (QED) is 0.668. The fraction of sp³-hybridized carbons (Fsp3) is 1.00. The molecule has 1 rings (SSSR count). The van der Waals surface area contributed by atoms with Gasteiger partial charge in [-0.2, -0.15) is 0 Å². The highest BCUT2D eigenvalue weighted by Crippen LogP contribution is 2.29. The van der Waals surface area contributed by atoms with Crippen molar-refractivity contribution in [3.05, 3.63) is 0 Å². The smallest absolute Gasteiger partial charge is 0.00489 e. The maximum Gasteiger partial charge on any atom is -0.00489 e. The summed E-state index contributed by atoms with van der Waals surface area (Å²) in [5.74, 6) is 1.80. The van der Waals surface area contributed by atoms with Crippen molar-refractivity contribution in [3.8, 4) is 0 Å². The summed E-state index contributed by atoms with van der Waals surface area (Å²) in [6, 6.07) is 0. The Bertz CT molecular complexity index is 106. The Morgan fingerprint density at radius 2 is 1.75 bits per heavy atom. The number of hydrogen-bond acceptors (Lipinski definition) is 2. The molecule has 1 aliphatic carbocycles. The van der Waals surface area contributed by atoms with Gasteiger partial charge >= 0.3 is 0 Å². The predicted octanol–water partition coefficient (Wildman–Crippen LogP) is 1.36. The molecule has 0 aromatic heterocycles. The molecule has 0 spiro atoms. The molecule has 12 heavy (non-hydrogen) atoms. The third-order valence-corrected chi connectivity index (χ3v) is 3.10. The van der Waals surface area contributed by atoms with Crippen molar-refractivity contribution in [2.45, 2.75) is 32.1 Å². The molecule has 3 N–H and O–H groups in total. The van der Waals surface area contributed by atoms with Crippen LogP contribution in [0.1, 0.15) is 32.1 Å². The first-order valence-electron chi connectivity index (χ1n) is 5.21. The predicted molar refractivity (Wildman–Crippen MR) is 53.0 cm³/mol. The molecule has 1 saturated carbocycles. The van der Waals surface area contributed by atoms with E-state index in [4.69, 9.17) is 5.73 Å². The van der Waals surface area contributed by atoms with Crippen molar-refractivity contribution in [2.75, 3.05) is 20.1 Å². The molecule has 0 aromatic rings. The number of rotatable bonds is 4. The summed E-state index contributed by atoms with van der Waals surface area (Å²) in [5.41, 5.74) is 5.64. The van der Waals surface area contributed by atoms with Crippen LogP contribution in [-0.2, 0) is 0 Å². The van der Waals surface area contributed by atoms with Gasteiger partial charge in [0.05, 0.1) is 0 Å². The van der Waals surface area contributed by atoms with E-state index in [9.17, 15) is 0 Å². The lowest BCUT2D eigenvalue weighted by Crippen LogP contribution is -2.23. The minimum atomic E-state index is 0.829. The van der Waals surface area contributed by atoms with Crippen LogP contribution in [0.2, 0.25) is 0 Å². The zero-order chi connectivity index (χ0) is 8.81. The van der Waals surface area contributed by atoms with Gasteiger partial charge in [0.1, 0.15) is 0 Å². The molecule has 1 aliphatic rings. The summed E-state index contributed by atoms with van der Waals surface area (Å²) in [7, 11) is 2.03. The molecule has 2 heteroatoms. The largest absolute Gasteiger partial charge is 0.330 e. The van der Waals surface area contributed by atoms with Crippen LogP contribution < -0.4 is 11.1 Å². The fourth-order valence-electron chi connectivity index (χ4n) is 2.10. The number of nitrogens with two attached hydrogens (primary N) is 1. The first-order chi connectivity index (χ1) is 5.86. The Kier molecular flexibility index (Phi) is 4.62. The number of hydrogen-bond donors (Lipinski definition) is 2. The van der Waals surface area contributed by atoms with Gasteiger partial charge in [0.2, 0.25) is 0 Å². The molecule has 0 aliphatic heterocycles. The van der Waals surface area contributed by atoms with E-state index < -0.39 is 0 Å². The van der Waals surface area contributed by atoms with Gasteiger partial charge in [-0.25, -0.2) is 0 Å². The SMILES string of the molecule is CNCCC1CCC(CN)CC1. The van der Waals surface area contributed by atoms with E-state index >= 15 is 0 Å². The third-order valence-electron chi connectivity index (χ3n) is 3.10.